The van der Waals surface area contributed by atoms with E-state index >= 15 is 0 Å². The third-order valence-electron chi connectivity index (χ3n) is 3.59. The molecule has 1 aromatic carbocycles. The van der Waals surface area contributed by atoms with Gasteiger partial charge in [0.1, 0.15) is 0 Å². The zero-order chi connectivity index (χ0) is 11.8. The summed E-state index contributed by atoms with van der Waals surface area (Å²) in [6, 6.07) is 11.3. The molecule has 88 valence electrons. The Kier molecular flexibility index (Phi) is 2.60. The van der Waals surface area contributed by atoms with Gasteiger partial charge in [-0.25, -0.2) is 0 Å². The van der Waals surface area contributed by atoms with Crippen LogP contribution in [0.3, 0.4) is 0 Å². The molecule has 2 unspecified atom stereocenters. The second-order valence-corrected chi connectivity index (χ2v) is 5.14. The minimum absolute atomic E-state index is 0.724. The molecule has 0 bridgehead atoms. The average molecular weight is 226 g/mol. The van der Waals surface area contributed by atoms with E-state index in [2.05, 4.69) is 54.5 Å². The van der Waals surface area contributed by atoms with Gasteiger partial charge in [-0.3, -0.25) is 4.98 Å². The van der Waals surface area contributed by atoms with Crippen molar-refractivity contribution >= 4 is 10.9 Å². The lowest BCUT2D eigenvalue weighted by Crippen LogP contribution is -2.17. The lowest BCUT2D eigenvalue weighted by molar-refractivity contribution is 0.654. The molecule has 0 amide bonds. The number of benzene rings is 1. The molecule has 1 N–H and O–H groups in total. The number of nitrogens with one attached hydrogen (secondary N) is 1. The Bertz CT molecular complexity index is 548. The van der Waals surface area contributed by atoms with Crippen molar-refractivity contribution < 1.29 is 0 Å². The van der Waals surface area contributed by atoms with Gasteiger partial charge in [0, 0.05) is 23.7 Å². The number of fused-ring (bicyclic) bond motifs is 1. The molecule has 1 heterocycles. The Morgan fingerprint density at radius 2 is 2.12 bits per heavy atom. The third kappa shape index (κ3) is 2.18. The Morgan fingerprint density at radius 3 is 2.88 bits per heavy atom. The zero-order valence-electron chi connectivity index (χ0n) is 10.4. The number of aryl methyl sites for hydroxylation is 1. The Balaban J connectivity index is 1.91. The third-order valence-corrected chi connectivity index (χ3v) is 3.59. The number of hydrogen-bond donors (Lipinski definition) is 1. The van der Waals surface area contributed by atoms with E-state index in [0.29, 0.717) is 0 Å². The van der Waals surface area contributed by atoms with E-state index in [0.717, 1.165) is 29.7 Å². The fourth-order valence-corrected chi connectivity index (χ4v) is 2.39. The number of rotatable bonds is 3. The molecule has 1 aromatic heterocycles. The highest BCUT2D eigenvalue weighted by atomic mass is 15.0. The van der Waals surface area contributed by atoms with Crippen LogP contribution in [-0.4, -0.2) is 11.0 Å². The van der Waals surface area contributed by atoms with Gasteiger partial charge in [0.2, 0.25) is 0 Å². The molecule has 1 saturated carbocycles. The Morgan fingerprint density at radius 1 is 1.35 bits per heavy atom. The standard InChI is InChI=1S/C15H18N2/c1-10-7-15(10)16-9-12-8-11(2)17-14-6-4-3-5-13(12)14/h3-6,8,10,15-16H,7,9H2,1-2H3. The van der Waals surface area contributed by atoms with Crippen molar-refractivity contribution in [1.82, 2.24) is 10.3 Å². The van der Waals surface area contributed by atoms with Gasteiger partial charge in [0.15, 0.2) is 0 Å². The monoisotopic (exact) mass is 226 g/mol. The molecule has 1 aliphatic carbocycles. The second kappa shape index (κ2) is 4.11. The van der Waals surface area contributed by atoms with E-state index in [-0.39, 0.29) is 0 Å². The van der Waals surface area contributed by atoms with E-state index in [9.17, 15) is 0 Å². The summed E-state index contributed by atoms with van der Waals surface area (Å²) < 4.78 is 0. The summed E-state index contributed by atoms with van der Waals surface area (Å²) in [5, 5.41) is 4.89. The van der Waals surface area contributed by atoms with Crippen molar-refractivity contribution in [2.24, 2.45) is 5.92 Å². The fourth-order valence-electron chi connectivity index (χ4n) is 2.39. The van der Waals surface area contributed by atoms with E-state index in [1.165, 1.54) is 17.4 Å². The Labute approximate surface area is 102 Å². The van der Waals surface area contributed by atoms with Crippen LogP contribution in [0.25, 0.3) is 10.9 Å². The second-order valence-electron chi connectivity index (χ2n) is 5.14. The highest BCUT2D eigenvalue weighted by Crippen LogP contribution is 2.29. The first kappa shape index (κ1) is 10.7. The largest absolute Gasteiger partial charge is 0.310 e. The molecule has 0 radical (unpaired) electrons. The minimum atomic E-state index is 0.724. The molecule has 0 spiro atoms. The van der Waals surface area contributed by atoms with Crippen molar-refractivity contribution in [3.63, 3.8) is 0 Å². The summed E-state index contributed by atoms with van der Waals surface area (Å²) >= 11 is 0. The summed E-state index contributed by atoms with van der Waals surface area (Å²) in [4.78, 5) is 4.57. The van der Waals surface area contributed by atoms with E-state index in [1.807, 2.05) is 0 Å². The van der Waals surface area contributed by atoms with Crippen LogP contribution in [-0.2, 0) is 6.54 Å². The lowest BCUT2D eigenvalue weighted by Gasteiger charge is -2.08. The van der Waals surface area contributed by atoms with E-state index < -0.39 is 0 Å². The van der Waals surface area contributed by atoms with Gasteiger partial charge in [0.05, 0.1) is 5.52 Å². The first-order valence-corrected chi connectivity index (χ1v) is 6.32. The fraction of sp³-hybridized carbons (Fsp3) is 0.400. The molecule has 1 fully saturated rings. The van der Waals surface area contributed by atoms with Crippen molar-refractivity contribution in [2.45, 2.75) is 32.9 Å². The van der Waals surface area contributed by atoms with E-state index in [4.69, 9.17) is 0 Å². The van der Waals surface area contributed by atoms with Crippen LogP contribution in [0.4, 0.5) is 0 Å². The highest BCUT2D eigenvalue weighted by Gasteiger charge is 2.31. The molecule has 3 rings (SSSR count). The molecule has 1 aliphatic rings. The van der Waals surface area contributed by atoms with Crippen molar-refractivity contribution in [2.75, 3.05) is 0 Å². The maximum atomic E-state index is 4.57. The zero-order valence-corrected chi connectivity index (χ0v) is 10.4. The minimum Gasteiger partial charge on any atom is -0.310 e. The topological polar surface area (TPSA) is 24.9 Å². The van der Waals surface area contributed by atoms with Crippen LogP contribution in [0.1, 0.15) is 24.6 Å². The van der Waals surface area contributed by atoms with Crippen molar-refractivity contribution in [1.29, 1.82) is 0 Å². The SMILES string of the molecule is Cc1cc(CNC2CC2C)c2ccccc2n1. The van der Waals surface area contributed by atoms with Crippen LogP contribution < -0.4 is 5.32 Å². The molecule has 2 nitrogen and oxygen atoms in total. The molecular formula is C15H18N2. The number of para-hydroxylation sites is 1. The van der Waals surface area contributed by atoms with Gasteiger partial charge < -0.3 is 5.32 Å². The Hall–Kier alpha value is -1.41. The quantitative estimate of drug-likeness (QED) is 0.870. The van der Waals surface area contributed by atoms with Gasteiger partial charge in [-0.15, -0.1) is 0 Å². The summed E-state index contributed by atoms with van der Waals surface area (Å²) in [6.45, 7) is 5.32. The molecule has 2 heteroatoms. The normalized spacial score (nSPS) is 22.9. The van der Waals surface area contributed by atoms with Gasteiger partial charge in [-0.05, 0) is 37.0 Å². The number of nitrogens with zero attached hydrogens (tertiary/aromatic N) is 1. The van der Waals surface area contributed by atoms with Crippen molar-refractivity contribution in [3.05, 3.63) is 41.6 Å². The van der Waals surface area contributed by atoms with Gasteiger partial charge in [-0.1, -0.05) is 25.1 Å². The van der Waals surface area contributed by atoms with Crippen LogP contribution in [0.15, 0.2) is 30.3 Å². The van der Waals surface area contributed by atoms with Gasteiger partial charge in [0.25, 0.3) is 0 Å². The molecule has 2 aromatic rings. The average Bonchev–Trinajstić information content (AvgIpc) is 3.02. The van der Waals surface area contributed by atoms with Crippen LogP contribution in [0.2, 0.25) is 0 Å². The maximum Gasteiger partial charge on any atom is 0.0708 e. The summed E-state index contributed by atoms with van der Waals surface area (Å²) in [5.74, 6) is 0.851. The number of aromatic nitrogens is 1. The lowest BCUT2D eigenvalue weighted by atomic mass is 10.1. The highest BCUT2D eigenvalue weighted by molar-refractivity contribution is 5.82. The molecular weight excluding hydrogens is 208 g/mol. The van der Waals surface area contributed by atoms with Crippen LogP contribution in [0.5, 0.6) is 0 Å². The number of hydrogen-bond acceptors (Lipinski definition) is 2. The molecule has 0 aliphatic heterocycles. The maximum absolute atomic E-state index is 4.57. The molecule has 2 atom stereocenters. The van der Waals surface area contributed by atoms with E-state index in [1.54, 1.807) is 0 Å². The van der Waals surface area contributed by atoms with Gasteiger partial charge >= 0.3 is 0 Å². The smallest absolute Gasteiger partial charge is 0.0708 e. The summed E-state index contributed by atoms with van der Waals surface area (Å²) in [7, 11) is 0. The predicted octanol–water partition coefficient (Wildman–Crippen LogP) is 3.04. The first-order valence-electron chi connectivity index (χ1n) is 6.32. The number of pyridine rings is 1. The summed E-state index contributed by atoms with van der Waals surface area (Å²) in [5.41, 5.74) is 3.57. The predicted molar refractivity (Wildman–Crippen MR) is 70.9 cm³/mol. The van der Waals surface area contributed by atoms with Crippen molar-refractivity contribution in [3.8, 4) is 0 Å². The molecule has 17 heavy (non-hydrogen) atoms. The van der Waals surface area contributed by atoms with Crippen LogP contribution in [0, 0.1) is 12.8 Å². The molecule has 0 saturated heterocycles. The first-order chi connectivity index (χ1) is 8.24. The van der Waals surface area contributed by atoms with Crippen LogP contribution >= 0.6 is 0 Å². The summed E-state index contributed by atoms with van der Waals surface area (Å²) in [6.07, 6.45) is 1.32. The van der Waals surface area contributed by atoms with Gasteiger partial charge in [-0.2, -0.15) is 0 Å².